The van der Waals surface area contributed by atoms with E-state index in [0.717, 1.165) is 0 Å². The molecule has 0 saturated heterocycles. The first-order chi connectivity index (χ1) is 10.3. The summed E-state index contributed by atoms with van der Waals surface area (Å²) in [5, 5.41) is 10.3. The molecule has 0 aromatic heterocycles. The lowest BCUT2D eigenvalue weighted by atomic mass is 10.1. The summed E-state index contributed by atoms with van der Waals surface area (Å²) in [7, 11) is 0. The van der Waals surface area contributed by atoms with Crippen LogP contribution in [0.3, 0.4) is 0 Å². The number of nitrogens with one attached hydrogen (secondary N) is 2. The highest BCUT2D eigenvalue weighted by molar-refractivity contribution is 6.18. The summed E-state index contributed by atoms with van der Waals surface area (Å²) in [5.74, 6) is -0.775. The highest BCUT2D eigenvalue weighted by Crippen LogP contribution is 2.19. The number of rotatable bonds is 7. The van der Waals surface area contributed by atoms with Gasteiger partial charge in [0.15, 0.2) is 0 Å². The number of carbonyl (C=O) groups excluding carboxylic acids is 1. The van der Waals surface area contributed by atoms with Gasteiger partial charge in [-0.15, -0.1) is 0 Å². The SMILES string of the molecule is CCOC(=O)/C(C(C)=N)=C(\N)Nc1ccc(OC(F)F)cc1. The van der Waals surface area contributed by atoms with Crippen LogP contribution in [0.2, 0.25) is 0 Å². The molecule has 6 nitrogen and oxygen atoms in total. The lowest BCUT2D eigenvalue weighted by molar-refractivity contribution is -0.137. The van der Waals surface area contributed by atoms with Crippen LogP contribution in [0.4, 0.5) is 14.5 Å². The molecular formula is C14H17F2N3O3. The van der Waals surface area contributed by atoms with E-state index in [1.54, 1.807) is 6.92 Å². The molecule has 0 aliphatic carbocycles. The highest BCUT2D eigenvalue weighted by Gasteiger charge is 2.17. The van der Waals surface area contributed by atoms with Crippen molar-refractivity contribution in [1.29, 1.82) is 5.41 Å². The van der Waals surface area contributed by atoms with Crippen molar-refractivity contribution in [3.8, 4) is 5.75 Å². The summed E-state index contributed by atoms with van der Waals surface area (Å²) in [6.45, 7) is 0.294. The number of alkyl halides is 2. The lowest BCUT2D eigenvalue weighted by Crippen LogP contribution is -2.23. The van der Waals surface area contributed by atoms with E-state index in [1.807, 2.05) is 0 Å². The Kier molecular flexibility index (Phi) is 6.30. The molecule has 8 heteroatoms. The average Bonchev–Trinajstić information content (AvgIpc) is 2.40. The Morgan fingerprint density at radius 2 is 1.95 bits per heavy atom. The van der Waals surface area contributed by atoms with Gasteiger partial charge in [0.25, 0.3) is 0 Å². The first-order valence-corrected chi connectivity index (χ1v) is 6.39. The molecule has 0 fully saturated rings. The van der Waals surface area contributed by atoms with E-state index >= 15 is 0 Å². The third kappa shape index (κ3) is 5.04. The number of hydrogen-bond acceptors (Lipinski definition) is 6. The van der Waals surface area contributed by atoms with Gasteiger partial charge in [0.05, 0.1) is 6.61 Å². The fraction of sp³-hybridized carbons (Fsp3) is 0.286. The van der Waals surface area contributed by atoms with E-state index < -0.39 is 12.6 Å². The second kappa shape index (κ2) is 7.96. The molecule has 0 aliphatic heterocycles. The number of carbonyl (C=O) groups is 1. The predicted molar refractivity (Wildman–Crippen MR) is 77.9 cm³/mol. The molecule has 0 amide bonds. The van der Waals surface area contributed by atoms with E-state index in [-0.39, 0.29) is 29.5 Å². The molecule has 0 bridgehead atoms. The lowest BCUT2D eigenvalue weighted by Gasteiger charge is -2.12. The first kappa shape index (κ1) is 17.4. The zero-order valence-corrected chi connectivity index (χ0v) is 12.2. The van der Waals surface area contributed by atoms with Gasteiger partial charge in [-0.1, -0.05) is 0 Å². The van der Waals surface area contributed by atoms with Gasteiger partial charge in [-0.3, -0.25) is 0 Å². The van der Waals surface area contributed by atoms with Crippen molar-refractivity contribution >= 4 is 17.4 Å². The topological polar surface area (TPSA) is 97.4 Å². The monoisotopic (exact) mass is 313 g/mol. The smallest absolute Gasteiger partial charge is 0.387 e. The largest absolute Gasteiger partial charge is 0.462 e. The van der Waals surface area contributed by atoms with Crippen LogP contribution in [0, 0.1) is 5.41 Å². The number of anilines is 1. The molecule has 0 aliphatic rings. The maximum absolute atomic E-state index is 12.0. The van der Waals surface area contributed by atoms with Gasteiger partial charge in [-0.2, -0.15) is 8.78 Å². The number of hydrogen-bond donors (Lipinski definition) is 3. The van der Waals surface area contributed by atoms with Gasteiger partial charge in [0.1, 0.15) is 17.1 Å². The second-order valence-electron chi connectivity index (χ2n) is 4.16. The molecule has 22 heavy (non-hydrogen) atoms. The number of halogens is 2. The summed E-state index contributed by atoms with van der Waals surface area (Å²) in [6, 6.07) is 5.55. The van der Waals surface area contributed by atoms with Crippen LogP contribution >= 0.6 is 0 Å². The van der Waals surface area contributed by atoms with Gasteiger partial charge < -0.3 is 25.9 Å². The van der Waals surface area contributed by atoms with E-state index in [0.29, 0.717) is 5.69 Å². The maximum Gasteiger partial charge on any atom is 0.387 e. The van der Waals surface area contributed by atoms with Crippen LogP contribution < -0.4 is 15.8 Å². The minimum Gasteiger partial charge on any atom is -0.462 e. The molecule has 0 saturated carbocycles. The summed E-state index contributed by atoms with van der Waals surface area (Å²) < 4.78 is 33.1. The zero-order chi connectivity index (χ0) is 16.7. The Morgan fingerprint density at radius 3 is 2.41 bits per heavy atom. The summed E-state index contributed by atoms with van der Waals surface area (Å²) >= 11 is 0. The molecule has 1 aromatic rings. The third-order valence-electron chi connectivity index (χ3n) is 2.48. The van der Waals surface area contributed by atoms with Gasteiger partial charge in [0, 0.05) is 11.4 Å². The second-order valence-corrected chi connectivity index (χ2v) is 4.16. The summed E-state index contributed by atoms with van der Waals surface area (Å²) in [5.41, 5.74) is 6.08. The molecule has 0 spiro atoms. The van der Waals surface area contributed by atoms with Gasteiger partial charge in [0.2, 0.25) is 0 Å². The summed E-state index contributed by atoms with van der Waals surface area (Å²) in [6.07, 6.45) is 0. The van der Waals surface area contributed by atoms with Crippen molar-refractivity contribution in [2.45, 2.75) is 20.5 Å². The quantitative estimate of drug-likeness (QED) is 0.408. The Hall–Kier alpha value is -2.64. The molecule has 1 rings (SSSR count). The molecule has 0 heterocycles. The Balaban J connectivity index is 2.92. The van der Waals surface area contributed by atoms with Crippen molar-refractivity contribution in [1.82, 2.24) is 0 Å². The fourth-order valence-corrected chi connectivity index (χ4v) is 1.61. The minimum atomic E-state index is -2.90. The molecule has 120 valence electrons. The fourth-order valence-electron chi connectivity index (χ4n) is 1.61. The molecule has 0 unspecified atom stereocenters. The molecule has 0 radical (unpaired) electrons. The van der Waals surface area contributed by atoms with Crippen LogP contribution in [0.15, 0.2) is 35.7 Å². The minimum absolute atomic E-state index is 0.00282. The van der Waals surface area contributed by atoms with Gasteiger partial charge in [-0.05, 0) is 38.1 Å². The van der Waals surface area contributed by atoms with Crippen LogP contribution in [0.1, 0.15) is 13.8 Å². The van der Waals surface area contributed by atoms with E-state index in [9.17, 15) is 13.6 Å². The standard InChI is InChI=1S/C14H17F2N3O3/c1-3-21-13(20)11(8(2)17)12(18)19-9-4-6-10(7-5-9)22-14(15)16/h4-7,14,17,19H,3,18H2,1-2H3/b12-11+,17-8?. The Morgan fingerprint density at radius 1 is 1.36 bits per heavy atom. The molecule has 0 atom stereocenters. The van der Waals surface area contributed by atoms with Gasteiger partial charge in [-0.25, -0.2) is 4.79 Å². The normalized spacial score (nSPS) is 11.7. The Labute approximate surface area is 126 Å². The Bertz CT molecular complexity index is 571. The van der Waals surface area contributed by atoms with Crippen molar-refractivity contribution in [3.63, 3.8) is 0 Å². The molecular weight excluding hydrogens is 296 g/mol. The third-order valence-corrected chi connectivity index (χ3v) is 2.48. The van der Waals surface area contributed by atoms with Crippen LogP contribution in [-0.4, -0.2) is 24.9 Å². The molecule has 1 aromatic carbocycles. The average molecular weight is 313 g/mol. The number of benzene rings is 1. The zero-order valence-electron chi connectivity index (χ0n) is 12.2. The van der Waals surface area contributed by atoms with E-state index in [1.165, 1.54) is 31.2 Å². The highest BCUT2D eigenvalue weighted by atomic mass is 19.3. The maximum atomic E-state index is 12.0. The predicted octanol–water partition coefficient (Wildman–Crippen LogP) is 2.47. The van der Waals surface area contributed by atoms with Crippen molar-refractivity contribution in [3.05, 3.63) is 35.7 Å². The first-order valence-electron chi connectivity index (χ1n) is 6.39. The van der Waals surface area contributed by atoms with E-state index in [4.69, 9.17) is 15.9 Å². The summed E-state index contributed by atoms with van der Waals surface area (Å²) in [4.78, 5) is 11.7. The number of esters is 1. The van der Waals surface area contributed by atoms with Crippen molar-refractivity contribution in [2.24, 2.45) is 5.73 Å². The number of ether oxygens (including phenoxy) is 2. The molecule has 4 N–H and O–H groups in total. The van der Waals surface area contributed by atoms with Crippen LogP contribution in [0.5, 0.6) is 5.75 Å². The van der Waals surface area contributed by atoms with Crippen molar-refractivity contribution in [2.75, 3.05) is 11.9 Å². The van der Waals surface area contributed by atoms with Crippen LogP contribution in [-0.2, 0) is 9.53 Å². The van der Waals surface area contributed by atoms with Gasteiger partial charge >= 0.3 is 12.6 Å². The van der Waals surface area contributed by atoms with E-state index in [2.05, 4.69) is 10.1 Å². The number of nitrogens with two attached hydrogens (primary N) is 1. The van der Waals surface area contributed by atoms with Crippen LogP contribution in [0.25, 0.3) is 0 Å². The van der Waals surface area contributed by atoms with Crippen molar-refractivity contribution < 1.29 is 23.0 Å².